The van der Waals surface area contributed by atoms with Crippen LogP contribution in [-0.2, 0) is 0 Å². The smallest absolute Gasteiger partial charge is 0.160 e. The zero-order valence-electron chi connectivity index (χ0n) is 56.6. The predicted octanol–water partition coefficient (Wildman–Crippen LogP) is 25.5. The van der Waals surface area contributed by atoms with Crippen molar-refractivity contribution >= 4 is 53.9 Å². The highest BCUT2D eigenvalue weighted by atomic mass is 14.9. The molecule has 0 aliphatic heterocycles. The van der Waals surface area contributed by atoms with Gasteiger partial charge in [0.2, 0.25) is 0 Å². The molecular weight excluding hydrogens is 1260 g/mol. The average Bonchev–Trinajstić information content (AvgIpc) is 0.744. The summed E-state index contributed by atoms with van der Waals surface area (Å²) >= 11 is 0. The number of fused-ring (bicyclic) bond motifs is 8. The molecule has 0 spiro atoms. The molecule has 19 aromatic rings. The second kappa shape index (κ2) is 27.6. The molecule has 104 heavy (non-hydrogen) atoms. The van der Waals surface area contributed by atoms with E-state index in [0.717, 1.165) is 89.2 Å². The quantitative estimate of drug-likeness (QED) is 0.113. The average molecular weight is 1330 g/mol. The van der Waals surface area contributed by atoms with Crippen LogP contribution in [0.15, 0.2) is 389 Å². The van der Waals surface area contributed by atoms with E-state index in [1.807, 2.05) is 43.0 Å². The lowest BCUT2D eigenvalue weighted by Gasteiger charge is -2.13. The van der Waals surface area contributed by atoms with Crippen LogP contribution in [0.2, 0.25) is 0 Å². The Kier molecular flexibility index (Phi) is 16.6. The molecule has 4 aromatic heterocycles. The standard InChI is InChI=1S/C55H35N3.C43H29N3/c1-2-11-36(12-3-1)37-21-25-39(26-22-37)53-33-54(43-15-10-14-42(31-43)52-35-56-34-44-13-4-5-16-45(44)52)58-55(57-53)40-27-23-38(24-28-40)41-29-30-50-48-19-7-6-17-46(48)47-18-8-9-20-49(47)51(50)32-41;1-2-9-30(10-3-1)31-18-20-34(21-19-31)41-29-45-43(46-42(41)37-14-6-13-36(27-37)38-15-8-26-44-28-38)35-24-22-33(23-25-35)40-17-7-12-32-11-4-5-16-39(32)40/h1-35H;1-29H. The molecule has 0 aliphatic rings. The van der Waals surface area contributed by atoms with Crippen LogP contribution in [0.25, 0.3) is 188 Å². The number of benzene rings is 15. The van der Waals surface area contributed by atoms with Crippen LogP contribution in [-0.4, -0.2) is 29.9 Å². The molecule has 0 radical (unpaired) electrons. The lowest BCUT2D eigenvalue weighted by molar-refractivity contribution is 1.18. The second-order valence-corrected chi connectivity index (χ2v) is 26.1. The first-order chi connectivity index (χ1) is 51.5. The van der Waals surface area contributed by atoms with E-state index in [-0.39, 0.29) is 0 Å². The van der Waals surface area contributed by atoms with E-state index in [9.17, 15) is 0 Å². The van der Waals surface area contributed by atoms with Gasteiger partial charge in [0.05, 0.1) is 17.1 Å². The van der Waals surface area contributed by atoms with E-state index >= 15 is 0 Å². The zero-order chi connectivity index (χ0) is 69.1. The fourth-order valence-corrected chi connectivity index (χ4v) is 14.5. The minimum atomic E-state index is 0.680. The summed E-state index contributed by atoms with van der Waals surface area (Å²) < 4.78 is 0. The van der Waals surface area contributed by atoms with Crippen molar-refractivity contribution in [3.8, 4) is 134 Å². The van der Waals surface area contributed by atoms with Gasteiger partial charge in [-0.25, -0.2) is 19.9 Å². The van der Waals surface area contributed by atoms with E-state index in [2.05, 4.69) is 350 Å². The molecule has 0 unspecified atom stereocenters. The Morgan fingerprint density at radius 3 is 1.24 bits per heavy atom. The Morgan fingerprint density at radius 2 is 0.596 bits per heavy atom. The van der Waals surface area contributed by atoms with Gasteiger partial charge in [0, 0.05) is 80.9 Å². The molecule has 0 amide bonds. The molecule has 4 heterocycles. The number of aromatic nitrogens is 6. The molecule has 6 heteroatoms. The van der Waals surface area contributed by atoms with Crippen LogP contribution in [0.5, 0.6) is 0 Å². The molecule has 0 aliphatic carbocycles. The molecule has 0 saturated heterocycles. The molecule has 19 rings (SSSR count). The lowest BCUT2D eigenvalue weighted by Crippen LogP contribution is -1.96. The van der Waals surface area contributed by atoms with Crippen molar-refractivity contribution in [3.63, 3.8) is 0 Å². The maximum Gasteiger partial charge on any atom is 0.160 e. The number of rotatable bonds is 12. The van der Waals surface area contributed by atoms with Gasteiger partial charge in [-0.1, -0.05) is 328 Å². The van der Waals surface area contributed by atoms with Crippen LogP contribution >= 0.6 is 0 Å². The number of nitrogens with zero attached hydrogens (tertiary/aromatic N) is 6. The Balaban J connectivity index is 0.000000152. The van der Waals surface area contributed by atoms with E-state index in [4.69, 9.17) is 19.9 Å². The van der Waals surface area contributed by atoms with Gasteiger partial charge in [-0.05, 0) is 140 Å². The van der Waals surface area contributed by atoms with Crippen molar-refractivity contribution in [2.45, 2.75) is 0 Å². The zero-order valence-corrected chi connectivity index (χ0v) is 56.6. The van der Waals surface area contributed by atoms with Gasteiger partial charge >= 0.3 is 0 Å². The highest BCUT2D eigenvalue weighted by molar-refractivity contribution is 6.25. The Bertz CT molecular complexity index is 6320. The molecule has 6 nitrogen and oxygen atoms in total. The first-order valence-electron chi connectivity index (χ1n) is 35.1. The summed E-state index contributed by atoms with van der Waals surface area (Å²) in [5.74, 6) is 1.37. The Morgan fingerprint density at radius 1 is 0.173 bits per heavy atom. The number of hydrogen-bond acceptors (Lipinski definition) is 6. The van der Waals surface area contributed by atoms with Gasteiger partial charge in [0.15, 0.2) is 11.6 Å². The van der Waals surface area contributed by atoms with E-state index in [1.165, 1.54) is 87.4 Å². The maximum atomic E-state index is 5.24. The lowest BCUT2D eigenvalue weighted by atomic mass is 9.92. The minimum absolute atomic E-state index is 0.680. The van der Waals surface area contributed by atoms with Crippen LogP contribution < -0.4 is 0 Å². The largest absolute Gasteiger partial charge is 0.264 e. The Hall–Kier alpha value is -13.9. The molecule has 486 valence electrons. The summed E-state index contributed by atoms with van der Waals surface area (Å²) in [6, 6.07) is 126. The third-order valence-corrected chi connectivity index (χ3v) is 19.8. The van der Waals surface area contributed by atoms with Crippen molar-refractivity contribution in [2.75, 3.05) is 0 Å². The van der Waals surface area contributed by atoms with Gasteiger partial charge in [-0.2, -0.15) is 0 Å². The van der Waals surface area contributed by atoms with Crippen molar-refractivity contribution in [1.82, 2.24) is 29.9 Å². The van der Waals surface area contributed by atoms with Gasteiger partial charge in [0.1, 0.15) is 0 Å². The molecular formula is C98H64N6. The van der Waals surface area contributed by atoms with Crippen LogP contribution in [0.3, 0.4) is 0 Å². The van der Waals surface area contributed by atoms with E-state index < -0.39 is 0 Å². The summed E-state index contributed by atoms with van der Waals surface area (Å²) in [5.41, 5.74) is 23.5. The normalized spacial score (nSPS) is 11.3. The van der Waals surface area contributed by atoms with Crippen LogP contribution in [0.4, 0.5) is 0 Å². The predicted molar refractivity (Wildman–Crippen MR) is 432 cm³/mol. The van der Waals surface area contributed by atoms with Crippen molar-refractivity contribution in [3.05, 3.63) is 389 Å². The van der Waals surface area contributed by atoms with E-state index in [0.29, 0.717) is 11.6 Å². The molecule has 0 bridgehead atoms. The summed E-state index contributed by atoms with van der Waals surface area (Å²) in [6.45, 7) is 0. The summed E-state index contributed by atoms with van der Waals surface area (Å²) in [6.07, 6.45) is 9.53. The van der Waals surface area contributed by atoms with Gasteiger partial charge < -0.3 is 0 Å². The SMILES string of the molecule is c1ccc(-c2ccc(-c3cc(-c4cccc(-c5cncc6ccccc56)c4)nc(-c4ccc(-c5ccc6c7ccccc7c7ccccc7c6c5)cc4)n3)cc2)cc1.c1ccc(-c2ccc(-c3cnc(-c4ccc(-c5cccc6ccccc56)cc4)nc3-c3cccc(-c4cccnc4)c3)cc2)cc1. The number of hydrogen-bond donors (Lipinski definition) is 0. The number of pyridine rings is 2. The molecule has 0 fully saturated rings. The second-order valence-electron chi connectivity index (χ2n) is 26.1. The fraction of sp³-hybridized carbons (Fsp3) is 0. The van der Waals surface area contributed by atoms with Crippen LogP contribution in [0.1, 0.15) is 0 Å². The third kappa shape index (κ3) is 12.4. The van der Waals surface area contributed by atoms with Gasteiger partial charge in [0.25, 0.3) is 0 Å². The summed E-state index contributed by atoms with van der Waals surface area (Å²) in [7, 11) is 0. The maximum absolute atomic E-state index is 5.24. The molecule has 0 atom stereocenters. The monoisotopic (exact) mass is 1320 g/mol. The first-order valence-corrected chi connectivity index (χ1v) is 35.1. The fourth-order valence-electron chi connectivity index (χ4n) is 14.5. The summed E-state index contributed by atoms with van der Waals surface area (Å²) in [4.78, 5) is 29.5. The first kappa shape index (κ1) is 62.3. The molecule has 0 saturated carbocycles. The molecule has 15 aromatic carbocycles. The minimum Gasteiger partial charge on any atom is -0.264 e. The third-order valence-electron chi connectivity index (χ3n) is 19.8. The van der Waals surface area contributed by atoms with E-state index in [1.54, 1.807) is 6.20 Å². The topological polar surface area (TPSA) is 77.3 Å². The van der Waals surface area contributed by atoms with Crippen LogP contribution in [0, 0.1) is 0 Å². The van der Waals surface area contributed by atoms with Gasteiger partial charge in [-0.3, -0.25) is 9.97 Å². The highest BCUT2D eigenvalue weighted by Crippen LogP contribution is 2.41. The molecule has 0 N–H and O–H groups in total. The Labute approximate surface area is 603 Å². The highest BCUT2D eigenvalue weighted by Gasteiger charge is 2.18. The van der Waals surface area contributed by atoms with Gasteiger partial charge in [-0.15, -0.1) is 0 Å². The van der Waals surface area contributed by atoms with Crippen molar-refractivity contribution in [2.24, 2.45) is 0 Å². The van der Waals surface area contributed by atoms with Crippen molar-refractivity contribution < 1.29 is 0 Å². The van der Waals surface area contributed by atoms with Crippen molar-refractivity contribution in [1.29, 1.82) is 0 Å². The summed E-state index contributed by atoms with van der Waals surface area (Å²) in [5, 5.41) is 12.4.